The molecule has 0 aliphatic heterocycles. The predicted molar refractivity (Wildman–Crippen MR) is 25.8 cm³/mol. The first-order valence-electron chi connectivity index (χ1n) is 1.96. The first kappa shape index (κ1) is 5.88. The van der Waals surface area contributed by atoms with Gasteiger partial charge in [-0.2, -0.15) is 0 Å². The van der Waals surface area contributed by atoms with Crippen LogP contribution in [0.5, 0.6) is 0 Å². The van der Waals surface area contributed by atoms with Crippen molar-refractivity contribution in [3.05, 3.63) is 0 Å². The Balaban J connectivity index is 2.63. The lowest BCUT2D eigenvalue weighted by molar-refractivity contribution is 0.579. The fourth-order valence-electron chi connectivity index (χ4n) is 0.186. The van der Waals surface area contributed by atoms with E-state index in [1.54, 1.807) is 0 Å². The molecule has 0 aromatic heterocycles. The number of hydrogen-bond acceptors (Lipinski definition) is 3. The highest BCUT2D eigenvalue weighted by Crippen LogP contribution is 1.55. The summed E-state index contributed by atoms with van der Waals surface area (Å²) in [4.78, 5) is 0. The molecule has 0 saturated carbocycles. The molecule has 5 N–H and O–H groups in total. The van der Waals surface area contributed by atoms with E-state index in [2.05, 4.69) is 5.32 Å². The fraction of sp³-hybridized carbons (Fsp3) is 1.00. The van der Waals surface area contributed by atoms with Crippen molar-refractivity contribution in [3.8, 4) is 0 Å². The van der Waals surface area contributed by atoms with Crippen LogP contribution < -0.4 is 16.8 Å². The molecule has 0 heterocycles. The van der Waals surface area contributed by atoms with Crippen LogP contribution in [0, 0.1) is 0 Å². The van der Waals surface area contributed by atoms with Crippen molar-refractivity contribution in [2.75, 3.05) is 6.67 Å². The zero-order valence-electron chi connectivity index (χ0n) is 3.94. The molecular weight excluding hydrogens is 78.1 g/mol. The molecule has 3 heteroatoms. The van der Waals surface area contributed by atoms with Gasteiger partial charge in [0.1, 0.15) is 0 Å². The van der Waals surface area contributed by atoms with Gasteiger partial charge in [0, 0.05) is 6.67 Å². The second-order valence-electron chi connectivity index (χ2n) is 1.20. The van der Waals surface area contributed by atoms with Gasteiger partial charge < -0.3 is 11.5 Å². The van der Waals surface area contributed by atoms with Crippen molar-refractivity contribution >= 4 is 0 Å². The van der Waals surface area contributed by atoms with Gasteiger partial charge >= 0.3 is 0 Å². The molecule has 6 heavy (non-hydrogen) atoms. The fourth-order valence-corrected chi connectivity index (χ4v) is 0.186. The van der Waals surface area contributed by atoms with E-state index < -0.39 is 0 Å². The van der Waals surface area contributed by atoms with E-state index >= 15 is 0 Å². The van der Waals surface area contributed by atoms with Crippen LogP contribution in [0.1, 0.15) is 6.92 Å². The van der Waals surface area contributed by atoms with Crippen LogP contribution in [-0.4, -0.2) is 12.8 Å². The maximum Gasteiger partial charge on any atom is 0.0527 e. The molecule has 0 saturated heterocycles. The van der Waals surface area contributed by atoms with E-state index in [0.29, 0.717) is 6.67 Å². The zero-order chi connectivity index (χ0) is 4.99. The summed E-state index contributed by atoms with van der Waals surface area (Å²) in [6.07, 6.45) is 0.0231. The molecule has 0 aliphatic rings. The van der Waals surface area contributed by atoms with E-state index in [0.717, 1.165) is 0 Å². The van der Waals surface area contributed by atoms with Crippen LogP contribution >= 0.6 is 0 Å². The van der Waals surface area contributed by atoms with Crippen molar-refractivity contribution in [1.82, 2.24) is 5.32 Å². The topological polar surface area (TPSA) is 64.1 Å². The van der Waals surface area contributed by atoms with Gasteiger partial charge in [0.15, 0.2) is 0 Å². The smallest absolute Gasteiger partial charge is 0.0527 e. The molecule has 0 radical (unpaired) electrons. The molecule has 0 aromatic rings. The van der Waals surface area contributed by atoms with Gasteiger partial charge in [-0.25, -0.2) is 0 Å². The van der Waals surface area contributed by atoms with E-state index in [-0.39, 0.29) is 6.17 Å². The minimum Gasteiger partial charge on any atom is -0.318 e. The summed E-state index contributed by atoms with van der Waals surface area (Å²) in [5.41, 5.74) is 10.3. The summed E-state index contributed by atoms with van der Waals surface area (Å²) < 4.78 is 0. The molecule has 0 aromatic carbocycles. The Morgan fingerprint density at radius 2 is 2.33 bits per heavy atom. The molecule has 38 valence electrons. The van der Waals surface area contributed by atoms with Crippen LogP contribution in [0.3, 0.4) is 0 Å². The third kappa shape index (κ3) is 3.88. The average Bonchev–Trinajstić information content (AvgIpc) is 1.35. The third-order valence-corrected chi connectivity index (χ3v) is 0.440. The minimum absolute atomic E-state index is 0.0231. The second-order valence-corrected chi connectivity index (χ2v) is 1.20. The molecule has 0 spiro atoms. The molecule has 1 atom stereocenters. The first-order chi connectivity index (χ1) is 2.77. The number of nitrogens with one attached hydrogen (secondary N) is 1. The van der Waals surface area contributed by atoms with E-state index in [1.165, 1.54) is 0 Å². The monoisotopic (exact) mass is 89.1 g/mol. The lowest BCUT2D eigenvalue weighted by atomic mass is 10.6. The standard InChI is InChI=1S/C3H11N3/c1-3(5)6-2-4/h3,6H,2,4-5H2,1H3. The van der Waals surface area contributed by atoms with Gasteiger partial charge in [0.2, 0.25) is 0 Å². The molecule has 0 amide bonds. The third-order valence-electron chi connectivity index (χ3n) is 0.440. The Morgan fingerprint density at radius 3 is 2.33 bits per heavy atom. The SMILES string of the molecule is CC(N)NCN. The Morgan fingerprint density at radius 1 is 1.83 bits per heavy atom. The highest BCUT2D eigenvalue weighted by molar-refractivity contribution is 4.42. The van der Waals surface area contributed by atoms with Gasteiger partial charge in [-0.05, 0) is 6.92 Å². The summed E-state index contributed by atoms with van der Waals surface area (Å²) in [5, 5.41) is 2.76. The zero-order valence-corrected chi connectivity index (χ0v) is 3.94. The minimum atomic E-state index is 0.0231. The van der Waals surface area contributed by atoms with Crippen LogP contribution in [0.2, 0.25) is 0 Å². The highest BCUT2D eigenvalue weighted by atomic mass is 15.1. The van der Waals surface area contributed by atoms with Crippen molar-refractivity contribution < 1.29 is 0 Å². The average molecular weight is 89.1 g/mol. The molecule has 0 bridgehead atoms. The number of rotatable bonds is 2. The molecular formula is C3H11N3. The Hall–Kier alpha value is -0.120. The second kappa shape index (κ2) is 3.08. The van der Waals surface area contributed by atoms with Gasteiger partial charge in [-0.15, -0.1) is 0 Å². The first-order valence-corrected chi connectivity index (χ1v) is 1.96. The van der Waals surface area contributed by atoms with Crippen LogP contribution in [0.4, 0.5) is 0 Å². The molecule has 0 fully saturated rings. The molecule has 0 aliphatic carbocycles. The normalized spacial score (nSPS) is 14.5. The van der Waals surface area contributed by atoms with E-state index in [1.807, 2.05) is 6.92 Å². The maximum atomic E-state index is 5.21. The van der Waals surface area contributed by atoms with Gasteiger partial charge in [-0.1, -0.05) is 0 Å². The summed E-state index contributed by atoms with van der Waals surface area (Å²) in [5.74, 6) is 0. The Bertz CT molecular complexity index is 27.2. The molecule has 0 rings (SSSR count). The lowest BCUT2D eigenvalue weighted by Crippen LogP contribution is -2.37. The highest BCUT2D eigenvalue weighted by Gasteiger charge is 1.82. The number of nitrogens with two attached hydrogens (primary N) is 2. The summed E-state index contributed by atoms with van der Waals surface area (Å²) in [6, 6.07) is 0. The maximum absolute atomic E-state index is 5.21. The quantitative estimate of drug-likeness (QED) is 0.372. The van der Waals surface area contributed by atoms with Crippen molar-refractivity contribution in [2.24, 2.45) is 11.5 Å². The molecule has 1 unspecified atom stereocenters. The Labute approximate surface area is 37.7 Å². The number of hydrogen-bond donors (Lipinski definition) is 3. The molecule has 3 nitrogen and oxygen atoms in total. The predicted octanol–water partition coefficient (Wildman–Crippen LogP) is -1.20. The van der Waals surface area contributed by atoms with E-state index in [4.69, 9.17) is 11.5 Å². The van der Waals surface area contributed by atoms with Gasteiger partial charge in [0.25, 0.3) is 0 Å². The van der Waals surface area contributed by atoms with Crippen LogP contribution in [0.25, 0.3) is 0 Å². The van der Waals surface area contributed by atoms with Crippen LogP contribution in [0.15, 0.2) is 0 Å². The van der Waals surface area contributed by atoms with Crippen molar-refractivity contribution in [2.45, 2.75) is 13.1 Å². The van der Waals surface area contributed by atoms with E-state index in [9.17, 15) is 0 Å². The summed E-state index contributed by atoms with van der Waals surface area (Å²) in [6.45, 7) is 2.30. The lowest BCUT2D eigenvalue weighted by Gasteiger charge is -2.01. The van der Waals surface area contributed by atoms with Gasteiger partial charge in [-0.3, -0.25) is 5.32 Å². The van der Waals surface area contributed by atoms with Crippen LogP contribution in [-0.2, 0) is 0 Å². The largest absolute Gasteiger partial charge is 0.318 e. The summed E-state index contributed by atoms with van der Waals surface area (Å²) in [7, 11) is 0. The van der Waals surface area contributed by atoms with Crippen molar-refractivity contribution in [1.29, 1.82) is 0 Å². The summed E-state index contributed by atoms with van der Waals surface area (Å²) >= 11 is 0. The Kier molecular flexibility index (Phi) is 3.02. The van der Waals surface area contributed by atoms with Crippen molar-refractivity contribution in [3.63, 3.8) is 0 Å². The van der Waals surface area contributed by atoms with Gasteiger partial charge in [0.05, 0.1) is 6.17 Å².